The Hall–Kier alpha value is -1.88. The van der Waals surface area contributed by atoms with Gasteiger partial charge >= 0.3 is 6.09 Å². The summed E-state index contributed by atoms with van der Waals surface area (Å²) < 4.78 is 25.0. The van der Waals surface area contributed by atoms with E-state index in [1.54, 1.807) is 11.0 Å². The van der Waals surface area contributed by atoms with Gasteiger partial charge in [-0.25, -0.2) is 9.18 Å². The number of rotatable bonds is 2. The summed E-state index contributed by atoms with van der Waals surface area (Å²) in [6.07, 6.45) is 2.99. The molecule has 2 atom stereocenters. The van der Waals surface area contributed by atoms with E-state index in [4.69, 9.17) is 9.47 Å². The summed E-state index contributed by atoms with van der Waals surface area (Å²) in [5, 5.41) is 0. The lowest BCUT2D eigenvalue weighted by Gasteiger charge is -2.44. The van der Waals surface area contributed by atoms with Crippen molar-refractivity contribution in [1.29, 1.82) is 0 Å². The van der Waals surface area contributed by atoms with Gasteiger partial charge in [0, 0.05) is 0 Å². The summed E-state index contributed by atoms with van der Waals surface area (Å²) in [6.45, 7) is 6.53. The van der Waals surface area contributed by atoms with Gasteiger partial charge in [-0.3, -0.25) is 4.90 Å². The van der Waals surface area contributed by atoms with E-state index in [-0.39, 0.29) is 24.0 Å². The highest BCUT2D eigenvalue weighted by Gasteiger charge is 2.39. The fourth-order valence-corrected chi connectivity index (χ4v) is 3.30. The lowest BCUT2D eigenvalue weighted by molar-refractivity contribution is -0.0536. The number of hydrogen-bond acceptors (Lipinski definition) is 3. The second-order valence-electron chi connectivity index (χ2n) is 7.44. The zero-order chi connectivity index (χ0) is 17.3. The number of halogens is 1. The molecule has 2 bridgehead atoms. The molecule has 1 aromatic rings. The smallest absolute Gasteiger partial charge is 0.411 e. The van der Waals surface area contributed by atoms with E-state index < -0.39 is 5.60 Å². The van der Waals surface area contributed by atoms with Gasteiger partial charge < -0.3 is 9.47 Å². The molecule has 2 unspecified atom stereocenters. The molecular formula is C19H24FNO3. The van der Waals surface area contributed by atoms with Gasteiger partial charge in [-0.15, -0.1) is 0 Å². The Morgan fingerprint density at radius 1 is 1.33 bits per heavy atom. The lowest BCUT2D eigenvalue weighted by atomic mass is 9.90. The number of ether oxygens (including phenoxy) is 2. The van der Waals surface area contributed by atoms with Gasteiger partial charge in [-0.2, -0.15) is 0 Å². The van der Waals surface area contributed by atoms with Crippen LogP contribution in [0.3, 0.4) is 0 Å². The van der Waals surface area contributed by atoms with Crippen molar-refractivity contribution in [3.8, 4) is 0 Å². The third-order valence-corrected chi connectivity index (χ3v) is 4.26. The van der Waals surface area contributed by atoms with E-state index in [9.17, 15) is 9.18 Å². The Morgan fingerprint density at radius 3 is 2.75 bits per heavy atom. The number of carbonyl (C=O) groups excluding carboxylic acids is 1. The van der Waals surface area contributed by atoms with Crippen molar-refractivity contribution in [2.75, 3.05) is 13.2 Å². The second kappa shape index (κ2) is 6.55. The molecule has 0 radical (unpaired) electrons. The zero-order valence-electron chi connectivity index (χ0n) is 14.4. The average molecular weight is 333 g/mol. The number of morpholine rings is 1. The standard InChI is InChI=1S/C19H24FNO3/c1-19(2,3)24-18(22)21-15-9-13(10-16(21)12-23-11-15)8-14-6-4-5-7-17(14)20/h4-7,9,15-16H,8,10-12H2,1-3H3. The summed E-state index contributed by atoms with van der Waals surface area (Å²) >= 11 is 0. The average Bonchev–Trinajstić information content (AvgIpc) is 2.47. The molecule has 1 amide bonds. The molecule has 0 aliphatic carbocycles. The maximum atomic E-state index is 13.9. The highest BCUT2D eigenvalue weighted by Crippen LogP contribution is 2.30. The number of benzene rings is 1. The quantitative estimate of drug-likeness (QED) is 0.775. The molecule has 2 aliphatic heterocycles. The van der Waals surface area contributed by atoms with Crippen LogP contribution < -0.4 is 0 Å². The highest BCUT2D eigenvalue weighted by molar-refractivity contribution is 5.70. The van der Waals surface area contributed by atoms with Crippen LogP contribution in [-0.2, 0) is 15.9 Å². The maximum absolute atomic E-state index is 13.9. The minimum atomic E-state index is -0.524. The minimum absolute atomic E-state index is 0.0506. The molecule has 2 aliphatic rings. The molecule has 130 valence electrons. The Morgan fingerprint density at radius 2 is 2.08 bits per heavy atom. The first-order valence-corrected chi connectivity index (χ1v) is 8.35. The monoisotopic (exact) mass is 333 g/mol. The lowest BCUT2D eigenvalue weighted by Crippen LogP contribution is -2.57. The van der Waals surface area contributed by atoms with Crippen molar-refractivity contribution in [3.63, 3.8) is 0 Å². The van der Waals surface area contributed by atoms with Crippen molar-refractivity contribution < 1.29 is 18.7 Å². The molecule has 24 heavy (non-hydrogen) atoms. The van der Waals surface area contributed by atoms with E-state index >= 15 is 0 Å². The number of amides is 1. The molecule has 5 heteroatoms. The maximum Gasteiger partial charge on any atom is 0.411 e. The molecule has 0 aromatic heterocycles. The molecule has 2 heterocycles. The Balaban J connectivity index is 1.77. The molecule has 1 saturated heterocycles. The van der Waals surface area contributed by atoms with Gasteiger partial charge in [0.05, 0.1) is 25.3 Å². The van der Waals surface area contributed by atoms with Crippen LogP contribution in [0.25, 0.3) is 0 Å². The third kappa shape index (κ3) is 3.78. The Kier molecular flexibility index (Phi) is 4.63. The first-order chi connectivity index (χ1) is 11.3. The van der Waals surface area contributed by atoms with Gasteiger partial charge in [0.25, 0.3) is 0 Å². The molecule has 1 fully saturated rings. The molecule has 4 nitrogen and oxygen atoms in total. The van der Waals surface area contributed by atoms with Crippen LogP contribution in [0.4, 0.5) is 9.18 Å². The number of hydrogen-bond donors (Lipinski definition) is 0. The van der Waals surface area contributed by atoms with Crippen molar-refractivity contribution in [1.82, 2.24) is 4.90 Å². The first kappa shape index (κ1) is 17.0. The van der Waals surface area contributed by atoms with E-state index in [2.05, 4.69) is 0 Å². The SMILES string of the molecule is CC(C)(C)OC(=O)N1C2C=C(Cc3ccccc3F)CC1COC2. The molecule has 0 saturated carbocycles. The topological polar surface area (TPSA) is 38.8 Å². The third-order valence-electron chi connectivity index (χ3n) is 4.26. The first-order valence-electron chi connectivity index (χ1n) is 8.35. The summed E-state index contributed by atoms with van der Waals surface area (Å²) in [5.41, 5.74) is 1.32. The van der Waals surface area contributed by atoms with Gasteiger partial charge in [-0.1, -0.05) is 29.8 Å². The fraction of sp³-hybridized carbons (Fsp3) is 0.526. The van der Waals surface area contributed by atoms with Crippen molar-refractivity contribution >= 4 is 6.09 Å². The summed E-state index contributed by atoms with van der Waals surface area (Å²) in [7, 11) is 0. The van der Waals surface area contributed by atoms with Crippen LogP contribution in [0.15, 0.2) is 35.9 Å². The number of fused-ring (bicyclic) bond motifs is 2. The largest absolute Gasteiger partial charge is 0.444 e. The van der Waals surface area contributed by atoms with Crippen molar-refractivity contribution in [2.24, 2.45) is 0 Å². The summed E-state index contributed by atoms with van der Waals surface area (Å²) in [6, 6.07) is 6.64. The summed E-state index contributed by atoms with van der Waals surface area (Å²) in [4.78, 5) is 14.3. The fourth-order valence-electron chi connectivity index (χ4n) is 3.30. The highest BCUT2D eigenvalue weighted by atomic mass is 19.1. The summed E-state index contributed by atoms with van der Waals surface area (Å²) in [5.74, 6) is -0.186. The zero-order valence-corrected chi connectivity index (χ0v) is 14.4. The van der Waals surface area contributed by atoms with E-state index in [1.807, 2.05) is 39.0 Å². The molecular weight excluding hydrogens is 309 g/mol. The second-order valence-corrected chi connectivity index (χ2v) is 7.44. The van der Waals surface area contributed by atoms with Crippen LogP contribution >= 0.6 is 0 Å². The van der Waals surface area contributed by atoms with Crippen LogP contribution in [0.5, 0.6) is 0 Å². The van der Waals surface area contributed by atoms with Crippen LogP contribution in [0.2, 0.25) is 0 Å². The van der Waals surface area contributed by atoms with E-state index in [0.29, 0.717) is 31.6 Å². The van der Waals surface area contributed by atoms with E-state index in [1.165, 1.54) is 6.07 Å². The van der Waals surface area contributed by atoms with Gasteiger partial charge in [0.2, 0.25) is 0 Å². The van der Waals surface area contributed by atoms with Crippen LogP contribution in [0.1, 0.15) is 32.8 Å². The van der Waals surface area contributed by atoms with Gasteiger partial charge in [0.15, 0.2) is 0 Å². The number of carbonyl (C=O) groups is 1. The van der Waals surface area contributed by atoms with Crippen molar-refractivity contribution in [2.45, 2.75) is 51.3 Å². The molecule has 1 aromatic carbocycles. The Bertz CT molecular complexity index is 650. The Labute approximate surface area is 142 Å². The predicted octanol–water partition coefficient (Wildman–Crippen LogP) is 3.70. The molecule has 3 rings (SSSR count). The van der Waals surface area contributed by atoms with Gasteiger partial charge in [-0.05, 0) is 45.2 Å². The van der Waals surface area contributed by atoms with Crippen LogP contribution in [0, 0.1) is 5.82 Å². The van der Waals surface area contributed by atoms with Crippen molar-refractivity contribution in [3.05, 3.63) is 47.3 Å². The number of nitrogens with zero attached hydrogens (tertiary/aromatic N) is 1. The van der Waals surface area contributed by atoms with E-state index in [0.717, 1.165) is 5.57 Å². The minimum Gasteiger partial charge on any atom is -0.444 e. The predicted molar refractivity (Wildman–Crippen MR) is 89.3 cm³/mol. The molecule has 0 spiro atoms. The van der Waals surface area contributed by atoms with Gasteiger partial charge in [0.1, 0.15) is 11.4 Å². The molecule has 0 N–H and O–H groups in total. The normalized spacial score (nSPS) is 23.7. The van der Waals surface area contributed by atoms with Crippen LogP contribution in [-0.4, -0.2) is 41.9 Å².